The zero-order valence-electron chi connectivity index (χ0n) is 17.9. The lowest BCUT2D eigenvalue weighted by molar-refractivity contribution is -0.118. The number of furan rings is 1. The van der Waals surface area contributed by atoms with Gasteiger partial charge in [-0.05, 0) is 48.4 Å². The van der Waals surface area contributed by atoms with E-state index in [1.807, 2.05) is 19.1 Å². The minimum atomic E-state index is -3.30. The van der Waals surface area contributed by atoms with E-state index in [9.17, 15) is 13.2 Å². The van der Waals surface area contributed by atoms with Gasteiger partial charge in [-0.3, -0.25) is 9.69 Å². The van der Waals surface area contributed by atoms with Crippen LogP contribution in [-0.4, -0.2) is 32.7 Å². The molecule has 166 valence electrons. The van der Waals surface area contributed by atoms with Crippen molar-refractivity contribution in [2.45, 2.75) is 24.8 Å². The predicted molar refractivity (Wildman–Crippen MR) is 124 cm³/mol. The molecular formula is C23H22N2O5S2. The van der Waals surface area contributed by atoms with Crippen LogP contribution in [0.25, 0.3) is 10.2 Å². The number of anilines is 1. The average Bonchev–Trinajstić information content (AvgIpc) is 3.42. The van der Waals surface area contributed by atoms with Gasteiger partial charge in [-0.25, -0.2) is 13.4 Å². The van der Waals surface area contributed by atoms with Crippen LogP contribution in [0.5, 0.6) is 5.75 Å². The smallest absolute Gasteiger partial charge is 0.233 e. The summed E-state index contributed by atoms with van der Waals surface area (Å²) in [7, 11) is -1.70. The number of fused-ring (bicyclic) bond motifs is 1. The lowest BCUT2D eigenvalue weighted by atomic mass is 10.1. The summed E-state index contributed by atoms with van der Waals surface area (Å²) in [6, 6.07) is 13.7. The van der Waals surface area contributed by atoms with Crippen molar-refractivity contribution >= 4 is 42.4 Å². The Bertz CT molecular complexity index is 1360. The second-order valence-electron chi connectivity index (χ2n) is 7.41. The molecule has 0 N–H and O–H groups in total. The molecule has 9 heteroatoms. The number of rotatable bonds is 7. The minimum absolute atomic E-state index is 0.0940. The van der Waals surface area contributed by atoms with Crippen molar-refractivity contribution in [1.29, 1.82) is 0 Å². The van der Waals surface area contributed by atoms with Crippen LogP contribution in [-0.2, 0) is 27.6 Å². The number of hydrogen-bond acceptors (Lipinski definition) is 7. The van der Waals surface area contributed by atoms with E-state index >= 15 is 0 Å². The maximum Gasteiger partial charge on any atom is 0.233 e. The van der Waals surface area contributed by atoms with Gasteiger partial charge in [-0.2, -0.15) is 0 Å². The Kier molecular flexibility index (Phi) is 6.03. The van der Waals surface area contributed by atoms with Gasteiger partial charge in [0.2, 0.25) is 5.91 Å². The Balaban J connectivity index is 1.69. The molecule has 0 saturated carbocycles. The predicted octanol–water partition coefficient (Wildman–Crippen LogP) is 4.39. The van der Waals surface area contributed by atoms with Crippen LogP contribution in [0.2, 0.25) is 0 Å². The van der Waals surface area contributed by atoms with E-state index in [0.29, 0.717) is 27.7 Å². The third-order valence-corrected chi connectivity index (χ3v) is 7.39. The van der Waals surface area contributed by atoms with Crippen molar-refractivity contribution < 1.29 is 22.4 Å². The molecule has 0 bridgehead atoms. The normalized spacial score (nSPS) is 11.6. The van der Waals surface area contributed by atoms with E-state index in [0.717, 1.165) is 16.5 Å². The molecule has 0 atom stereocenters. The van der Waals surface area contributed by atoms with Crippen molar-refractivity contribution in [2.24, 2.45) is 0 Å². The molecule has 0 fully saturated rings. The number of nitrogens with zero attached hydrogens (tertiary/aromatic N) is 2. The van der Waals surface area contributed by atoms with Gasteiger partial charge in [0.15, 0.2) is 15.0 Å². The maximum absolute atomic E-state index is 13.3. The largest absolute Gasteiger partial charge is 0.494 e. The Hall–Kier alpha value is -3.17. The molecule has 0 aliphatic carbocycles. The molecule has 1 amide bonds. The second kappa shape index (κ2) is 8.76. The first-order chi connectivity index (χ1) is 15.3. The first-order valence-electron chi connectivity index (χ1n) is 9.82. The molecule has 4 aromatic rings. The number of methoxy groups -OCH3 is 1. The van der Waals surface area contributed by atoms with Crippen LogP contribution in [0.1, 0.15) is 16.9 Å². The third-order valence-electron chi connectivity index (χ3n) is 5.04. The Morgan fingerprint density at radius 3 is 2.53 bits per heavy atom. The number of sulfone groups is 1. The molecule has 2 aromatic carbocycles. The molecule has 2 heterocycles. The van der Waals surface area contributed by atoms with Crippen LogP contribution in [0.15, 0.2) is 64.1 Å². The highest BCUT2D eigenvalue weighted by atomic mass is 32.2. The van der Waals surface area contributed by atoms with Gasteiger partial charge in [0.05, 0.1) is 35.9 Å². The van der Waals surface area contributed by atoms with Gasteiger partial charge in [-0.15, -0.1) is 0 Å². The summed E-state index contributed by atoms with van der Waals surface area (Å²) < 4.78 is 35.3. The van der Waals surface area contributed by atoms with E-state index < -0.39 is 9.84 Å². The molecule has 0 saturated heterocycles. The van der Waals surface area contributed by atoms with E-state index in [2.05, 4.69) is 0 Å². The fraction of sp³-hybridized carbons (Fsp3) is 0.217. The number of hydrogen-bond donors (Lipinski definition) is 0. The number of carbonyl (C=O) groups is 1. The number of ether oxygens (including phenoxy) is 1. The van der Waals surface area contributed by atoms with Crippen LogP contribution in [0.3, 0.4) is 0 Å². The number of benzene rings is 2. The lowest BCUT2D eigenvalue weighted by Gasteiger charge is -2.19. The quantitative estimate of drug-likeness (QED) is 0.398. The number of carbonyl (C=O) groups excluding carboxylic acids is 1. The molecule has 0 spiro atoms. The van der Waals surface area contributed by atoms with Gasteiger partial charge < -0.3 is 9.15 Å². The molecule has 32 heavy (non-hydrogen) atoms. The van der Waals surface area contributed by atoms with E-state index in [1.54, 1.807) is 42.5 Å². The lowest BCUT2D eigenvalue weighted by Crippen LogP contribution is -2.31. The molecule has 0 aliphatic rings. The van der Waals surface area contributed by atoms with E-state index in [-0.39, 0.29) is 23.8 Å². The Labute approximate surface area is 190 Å². The van der Waals surface area contributed by atoms with Crippen LogP contribution < -0.4 is 9.64 Å². The fourth-order valence-electron chi connectivity index (χ4n) is 3.32. The van der Waals surface area contributed by atoms with Crippen LogP contribution in [0.4, 0.5) is 5.13 Å². The molecule has 0 unspecified atom stereocenters. The molecular weight excluding hydrogens is 448 g/mol. The summed E-state index contributed by atoms with van der Waals surface area (Å²) in [5.41, 5.74) is 2.47. The van der Waals surface area contributed by atoms with E-state index in [1.165, 1.54) is 23.5 Å². The Morgan fingerprint density at radius 1 is 1.16 bits per heavy atom. The summed E-state index contributed by atoms with van der Waals surface area (Å²) in [5.74, 6) is 1.10. The van der Waals surface area contributed by atoms with Crippen LogP contribution in [0, 0.1) is 6.92 Å². The number of thiazole rings is 1. The molecule has 0 aliphatic heterocycles. The summed E-state index contributed by atoms with van der Waals surface area (Å²) in [4.78, 5) is 19.9. The van der Waals surface area contributed by atoms with Gasteiger partial charge in [-0.1, -0.05) is 29.5 Å². The number of amides is 1. The van der Waals surface area contributed by atoms with Gasteiger partial charge in [0, 0.05) is 6.26 Å². The zero-order valence-corrected chi connectivity index (χ0v) is 19.5. The van der Waals surface area contributed by atoms with Gasteiger partial charge in [0.25, 0.3) is 0 Å². The minimum Gasteiger partial charge on any atom is -0.494 e. The maximum atomic E-state index is 13.3. The highest BCUT2D eigenvalue weighted by Crippen LogP contribution is 2.37. The summed E-state index contributed by atoms with van der Waals surface area (Å²) >= 11 is 1.42. The summed E-state index contributed by atoms with van der Waals surface area (Å²) in [6.07, 6.45) is 2.81. The first-order valence-corrected chi connectivity index (χ1v) is 12.5. The molecule has 4 rings (SSSR count). The zero-order chi connectivity index (χ0) is 22.9. The Morgan fingerprint density at radius 2 is 1.91 bits per heavy atom. The van der Waals surface area contributed by atoms with Crippen molar-refractivity contribution in [3.8, 4) is 5.75 Å². The topological polar surface area (TPSA) is 89.7 Å². The summed E-state index contributed by atoms with van der Waals surface area (Å²) in [5, 5.41) is 0.543. The highest BCUT2D eigenvalue weighted by molar-refractivity contribution is 7.90. The first kappa shape index (κ1) is 22.0. The number of aromatic nitrogens is 1. The molecule has 2 aromatic heterocycles. The number of aryl methyl sites for hydroxylation is 1. The average molecular weight is 471 g/mol. The third kappa shape index (κ3) is 4.53. The molecule has 7 nitrogen and oxygen atoms in total. The SMILES string of the molecule is COc1ccc(C)c2sc(N(Cc3ccco3)C(=O)Cc3ccc(S(C)(=O)=O)cc3)nc12. The van der Waals surface area contributed by atoms with Gasteiger partial charge in [0.1, 0.15) is 17.0 Å². The highest BCUT2D eigenvalue weighted by Gasteiger charge is 2.23. The molecule has 0 radical (unpaired) electrons. The summed E-state index contributed by atoms with van der Waals surface area (Å²) in [6.45, 7) is 2.22. The second-order valence-corrected chi connectivity index (χ2v) is 10.4. The van der Waals surface area contributed by atoms with E-state index in [4.69, 9.17) is 14.1 Å². The van der Waals surface area contributed by atoms with Crippen molar-refractivity contribution in [1.82, 2.24) is 4.98 Å². The van der Waals surface area contributed by atoms with Crippen molar-refractivity contribution in [2.75, 3.05) is 18.3 Å². The van der Waals surface area contributed by atoms with Gasteiger partial charge >= 0.3 is 0 Å². The van der Waals surface area contributed by atoms with Crippen molar-refractivity contribution in [3.63, 3.8) is 0 Å². The monoisotopic (exact) mass is 470 g/mol. The fourth-order valence-corrected chi connectivity index (χ4v) is 5.02. The standard InChI is InChI=1S/C23H22N2O5S2/c1-15-6-11-19(29-2)21-22(15)31-23(24-21)25(14-17-5-4-12-30-17)20(26)13-16-7-9-18(10-8-16)32(3,27)28/h4-12H,13-14H2,1-3H3. The van der Waals surface area contributed by atoms with Crippen molar-refractivity contribution in [3.05, 3.63) is 71.7 Å². The van der Waals surface area contributed by atoms with Crippen LogP contribution >= 0.6 is 11.3 Å².